The van der Waals surface area contributed by atoms with Crippen molar-refractivity contribution in [1.29, 1.82) is 0 Å². The van der Waals surface area contributed by atoms with Crippen LogP contribution in [0.2, 0.25) is 0 Å². The smallest absolute Gasteiger partial charge is 0.308 e. The van der Waals surface area contributed by atoms with E-state index in [1.54, 1.807) is 0 Å². The molecule has 2 aromatic rings. The van der Waals surface area contributed by atoms with Gasteiger partial charge in [0, 0.05) is 6.92 Å². The molecule has 0 bridgehead atoms. The van der Waals surface area contributed by atoms with E-state index in [1.807, 2.05) is 24.3 Å². The lowest BCUT2D eigenvalue weighted by Gasteiger charge is -2.08. The predicted octanol–water partition coefficient (Wildman–Crippen LogP) is 4.42. The van der Waals surface area contributed by atoms with Crippen LogP contribution in [-0.2, 0) is 4.79 Å². The molecule has 0 aliphatic rings. The number of rotatable bonds is 3. The Bertz CT molecular complexity index is 556. The number of hydrogen-bond acceptors (Lipinski definition) is 4. The van der Waals surface area contributed by atoms with Gasteiger partial charge in [-0.25, -0.2) is 0 Å². The third-order valence-electron chi connectivity index (χ3n) is 3.03. The molecule has 0 aromatic heterocycles. The van der Waals surface area contributed by atoms with Crippen molar-refractivity contribution >= 4 is 5.97 Å². The third kappa shape index (κ3) is 5.02. The monoisotopic (exact) mass is 288 g/mol. The van der Waals surface area contributed by atoms with Gasteiger partial charge in [-0.05, 0) is 34.7 Å². The zero-order chi connectivity index (χ0) is 15.8. The Kier molecular flexibility index (Phi) is 6.59. The molecule has 0 amide bonds. The van der Waals surface area contributed by atoms with Gasteiger partial charge in [-0.2, -0.15) is 0 Å². The summed E-state index contributed by atoms with van der Waals surface area (Å²) in [5.41, 5.74) is 3.62. The SMILES string of the molecule is CC(=O)Oc1ccc(-c2ccc(C(C)C)cc2)cc1.OO. The highest BCUT2D eigenvalue weighted by molar-refractivity contribution is 5.70. The summed E-state index contributed by atoms with van der Waals surface area (Å²) in [4.78, 5) is 10.8. The molecule has 112 valence electrons. The molecule has 0 radical (unpaired) electrons. The van der Waals surface area contributed by atoms with E-state index in [0.29, 0.717) is 11.7 Å². The molecular weight excluding hydrogens is 268 g/mol. The van der Waals surface area contributed by atoms with E-state index in [9.17, 15) is 4.79 Å². The molecular formula is C17H20O4. The van der Waals surface area contributed by atoms with Crippen molar-refractivity contribution in [2.24, 2.45) is 0 Å². The molecule has 0 heterocycles. The largest absolute Gasteiger partial charge is 0.427 e. The zero-order valence-electron chi connectivity index (χ0n) is 12.4. The Morgan fingerprint density at radius 3 is 1.71 bits per heavy atom. The van der Waals surface area contributed by atoms with Gasteiger partial charge in [0.15, 0.2) is 0 Å². The molecule has 0 aliphatic heterocycles. The summed E-state index contributed by atoms with van der Waals surface area (Å²) in [7, 11) is 0. The minimum absolute atomic E-state index is 0.297. The van der Waals surface area contributed by atoms with Crippen molar-refractivity contribution in [3.63, 3.8) is 0 Å². The van der Waals surface area contributed by atoms with Crippen LogP contribution in [-0.4, -0.2) is 16.5 Å². The highest BCUT2D eigenvalue weighted by Gasteiger charge is 2.02. The lowest BCUT2D eigenvalue weighted by molar-refractivity contribution is -0.176. The zero-order valence-corrected chi connectivity index (χ0v) is 12.4. The summed E-state index contributed by atoms with van der Waals surface area (Å²) in [6.45, 7) is 5.77. The topological polar surface area (TPSA) is 66.8 Å². The van der Waals surface area contributed by atoms with Gasteiger partial charge < -0.3 is 4.74 Å². The molecule has 2 aromatic carbocycles. The average Bonchev–Trinajstić information content (AvgIpc) is 2.49. The summed E-state index contributed by atoms with van der Waals surface area (Å²) >= 11 is 0. The van der Waals surface area contributed by atoms with E-state index < -0.39 is 0 Å². The minimum Gasteiger partial charge on any atom is -0.427 e. The lowest BCUT2D eigenvalue weighted by Crippen LogP contribution is -2.00. The first kappa shape index (κ1) is 16.9. The standard InChI is InChI=1S/C17H18O2.H2O2/c1-12(2)14-4-6-15(7-5-14)16-8-10-17(11-9-16)19-13(3)18;1-2/h4-12H,1-3H3;1-2H. The van der Waals surface area contributed by atoms with Gasteiger partial charge in [0.2, 0.25) is 0 Å². The van der Waals surface area contributed by atoms with Crippen LogP contribution in [0.1, 0.15) is 32.3 Å². The van der Waals surface area contributed by atoms with Gasteiger partial charge in [0.25, 0.3) is 0 Å². The summed E-state index contributed by atoms with van der Waals surface area (Å²) in [5.74, 6) is 0.824. The number of benzene rings is 2. The van der Waals surface area contributed by atoms with E-state index in [-0.39, 0.29) is 5.97 Å². The van der Waals surface area contributed by atoms with E-state index >= 15 is 0 Å². The van der Waals surface area contributed by atoms with Crippen LogP contribution in [0.25, 0.3) is 11.1 Å². The number of hydrogen-bond donors (Lipinski definition) is 2. The van der Waals surface area contributed by atoms with Crippen LogP contribution in [0.3, 0.4) is 0 Å². The molecule has 0 atom stereocenters. The second-order valence-electron chi connectivity index (χ2n) is 4.89. The Morgan fingerprint density at radius 1 is 0.905 bits per heavy atom. The van der Waals surface area contributed by atoms with Gasteiger partial charge in [-0.15, -0.1) is 0 Å². The van der Waals surface area contributed by atoms with Gasteiger partial charge in [0.05, 0.1) is 0 Å². The van der Waals surface area contributed by atoms with Crippen LogP contribution in [0, 0.1) is 0 Å². The maximum atomic E-state index is 10.8. The maximum Gasteiger partial charge on any atom is 0.308 e. The molecule has 4 heteroatoms. The Balaban J connectivity index is 0.00000106. The van der Waals surface area contributed by atoms with Crippen LogP contribution in [0.5, 0.6) is 5.75 Å². The quantitative estimate of drug-likeness (QED) is 0.380. The van der Waals surface area contributed by atoms with E-state index in [2.05, 4.69) is 38.1 Å². The van der Waals surface area contributed by atoms with Gasteiger partial charge >= 0.3 is 5.97 Å². The Hall–Kier alpha value is -2.17. The van der Waals surface area contributed by atoms with Gasteiger partial charge in [-0.3, -0.25) is 15.3 Å². The minimum atomic E-state index is -0.297. The van der Waals surface area contributed by atoms with Gasteiger partial charge in [-0.1, -0.05) is 50.2 Å². The Morgan fingerprint density at radius 2 is 1.33 bits per heavy atom. The molecule has 21 heavy (non-hydrogen) atoms. The summed E-state index contributed by atoms with van der Waals surface area (Å²) in [6, 6.07) is 16.1. The van der Waals surface area contributed by atoms with Crippen LogP contribution < -0.4 is 4.74 Å². The van der Waals surface area contributed by atoms with Crippen molar-refractivity contribution in [3.05, 3.63) is 54.1 Å². The fourth-order valence-corrected chi connectivity index (χ4v) is 1.94. The van der Waals surface area contributed by atoms with Crippen LogP contribution in [0.4, 0.5) is 0 Å². The maximum absolute atomic E-state index is 10.8. The molecule has 0 aliphatic carbocycles. The highest BCUT2D eigenvalue weighted by Crippen LogP contribution is 2.24. The molecule has 0 spiro atoms. The van der Waals surface area contributed by atoms with E-state index in [4.69, 9.17) is 15.3 Å². The average molecular weight is 288 g/mol. The number of carbonyl (C=O) groups excluding carboxylic acids is 1. The second-order valence-corrected chi connectivity index (χ2v) is 4.89. The summed E-state index contributed by atoms with van der Waals surface area (Å²) in [5, 5.41) is 12.0. The normalized spacial score (nSPS) is 9.81. The lowest BCUT2D eigenvalue weighted by atomic mass is 9.99. The third-order valence-corrected chi connectivity index (χ3v) is 3.03. The predicted molar refractivity (Wildman–Crippen MR) is 82.5 cm³/mol. The first-order valence-corrected chi connectivity index (χ1v) is 6.65. The van der Waals surface area contributed by atoms with E-state index in [1.165, 1.54) is 18.1 Å². The number of carbonyl (C=O) groups is 1. The van der Waals surface area contributed by atoms with Crippen molar-refractivity contribution in [2.75, 3.05) is 0 Å². The molecule has 2 rings (SSSR count). The van der Waals surface area contributed by atoms with E-state index in [0.717, 1.165) is 5.56 Å². The number of ether oxygens (including phenoxy) is 1. The van der Waals surface area contributed by atoms with Crippen molar-refractivity contribution < 1.29 is 20.0 Å². The summed E-state index contributed by atoms with van der Waals surface area (Å²) < 4.78 is 5.02. The fraction of sp³-hybridized carbons (Fsp3) is 0.235. The van der Waals surface area contributed by atoms with Crippen molar-refractivity contribution in [3.8, 4) is 16.9 Å². The first-order chi connectivity index (χ1) is 10.1. The molecule has 2 N–H and O–H groups in total. The van der Waals surface area contributed by atoms with Crippen molar-refractivity contribution in [2.45, 2.75) is 26.7 Å². The fourth-order valence-electron chi connectivity index (χ4n) is 1.94. The molecule has 0 saturated carbocycles. The molecule has 4 nitrogen and oxygen atoms in total. The Labute approximate surface area is 124 Å². The first-order valence-electron chi connectivity index (χ1n) is 6.65. The number of esters is 1. The second kappa shape index (κ2) is 8.19. The molecule has 0 saturated heterocycles. The molecule has 0 unspecified atom stereocenters. The highest BCUT2D eigenvalue weighted by atomic mass is 17.0. The van der Waals surface area contributed by atoms with Crippen LogP contribution >= 0.6 is 0 Å². The van der Waals surface area contributed by atoms with Crippen molar-refractivity contribution in [1.82, 2.24) is 0 Å². The van der Waals surface area contributed by atoms with Gasteiger partial charge in [0.1, 0.15) is 5.75 Å². The van der Waals surface area contributed by atoms with Crippen LogP contribution in [0.15, 0.2) is 48.5 Å². The summed E-state index contributed by atoms with van der Waals surface area (Å²) in [6.07, 6.45) is 0. The molecule has 0 fully saturated rings.